The average molecular weight is 593 g/mol. The summed E-state index contributed by atoms with van der Waals surface area (Å²) in [5.41, 5.74) is 9.64. The first kappa shape index (κ1) is 25.8. The SMILES string of the molecule is c1ccc(N(c2ccc(-c3cccc4c3sc3c5ccccc5n(-c5ccccc5)c43)cc2)c2cccc3ccccc23)cc1. The number of hydrogen-bond donors (Lipinski definition) is 0. The summed E-state index contributed by atoms with van der Waals surface area (Å²) in [5, 5.41) is 5.05. The summed E-state index contributed by atoms with van der Waals surface area (Å²) in [6.07, 6.45) is 0. The molecule has 0 spiro atoms. The van der Waals surface area contributed by atoms with Gasteiger partial charge in [0.2, 0.25) is 0 Å². The normalized spacial score (nSPS) is 11.6. The molecule has 0 N–H and O–H groups in total. The van der Waals surface area contributed by atoms with E-state index in [2.05, 4.69) is 179 Å². The van der Waals surface area contributed by atoms with Crippen LogP contribution in [0.4, 0.5) is 17.1 Å². The van der Waals surface area contributed by atoms with Crippen molar-refractivity contribution in [2.75, 3.05) is 4.90 Å². The molecular formula is C42H28N2S. The van der Waals surface area contributed by atoms with Gasteiger partial charge in [-0.25, -0.2) is 0 Å². The number of anilines is 3. The Morgan fingerprint density at radius 1 is 0.444 bits per heavy atom. The van der Waals surface area contributed by atoms with E-state index in [0.717, 1.165) is 11.4 Å². The molecule has 0 aliphatic heterocycles. The lowest BCUT2D eigenvalue weighted by Gasteiger charge is -2.27. The van der Waals surface area contributed by atoms with E-state index in [4.69, 9.17) is 0 Å². The van der Waals surface area contributed by atoms with Gasteiger partial charge < -0.3 is 9.47 Å². The molecule has 3 heteroatoms. The van der Waals surface area contributed by atoms with E-state index in [-0.39, 0.29) is 0 Å². The van der Waals surface area contributed by atoms with Crippen LogP contribution in [0.2, 0.25) is 0 Å². The van der Waals surface area contributed by atoms with E-state index in [9.17, 15) is 0 Å². The summed E-state index contributed by atoms with van der Waals surface area (Å²) >= 11 is 1.90. The second-order valence-corrected chi connectivity index (χ2v) is 12.4. The predicted molar refractivity (Wildman–Crippen MR) is 194 cm³/mol. The first-order valence-corrected chi connectivity index (χ1v) is 16.1. The van der Waals surface area contributed by atoms with Crippen molar-refractivity contribution in [3.63, 3.8) is 0 Å². The second-order valence-electron chi connectivity index (χ2n) is 11.4. The Balaban J connectivity index is 1.21. The van der Waals surface area contributed by atoms with Gasteiger partial charge >= 0.3 is 0 Å². The molecule has 2 nitrogen and oxygen atoms in total. The van der Waals surface area contributed by atoms with Crippen molar-refractivity contribution in [3.05, 3.63) is 170 Å². The van der Waals surface area contributed by atoms with Gasteiger partial charge in [0.05, 0.1) is 21.4 Å². The molecule has 0 bridgehead atoms. The lowest BCUT2D eigenvalue weighted by Crippen LogP contribution is -2.10. The summed E-state index contributed by atoms with van der Waals surface area (Å²) in [4.78, 5) is 2.36. The molecule has 0 saturated heterocycles. The minimum absolute atomic E-state index is 1.13. The summed E-state index contributed by atoms with van der Waals surface area (Å²) in [5.74, 6) is 0. The van der Waals surface area contributed by atoms with Crippen molar-refractivity contribution in [1.29, 1.82) is 0 Å². The topological polar surface area (TPSA) is 8.17 Å². The van der Waals surface area contributed by atoms with Crippen LogP contribution in [-0.2, 0) is 0 Å². The van der Waals surface area contributed by atoms with Crippen molar-refractivity contribution in [2.45, 2.75) is 0 Å². The molecule has 45 heavy (non-hydrogen) atoms. The van der Waals surface area contributed by atoms with Crippen molar-refractivity contribution in [2.24, 2.45) is 0 Å². The Kier molecular flexibility index (Phi) is 6.03. The minimum Gasteiger partial charge on any atom is -0.310 e. The van der Waals surface area contributed by atoms with Crippen LogP contribution in [0, 0.1) is 0 Å². The molecule has 2 aromatic heterocycles. The molecule has 0 unspecified atom stereocenters. The monoisotopic (exact) mass is 592 g/mol. The maximum atomic E-state index is 2.43. The van der Waals surface area contributed by atoms with Gasteiger partial charge in [0, 0.05) is 37.9 Å². The summed E-state index contributed by atoms with van der Waals surface area (Å²) < 4.78 is 5.08. The molecule has 0 amide bonds. The van der Waals surface area contributed by atoms with Gasteiger partial charge in [-0.1, -0.05) is 121 Å². The number of aromatic nitrogens is 1. The number of fused-ring (bicyclic) bond motifs is 6. The number of hydrogen-bond acceptors (Lipinski definition) is 2. The van der Waals surface area contributed by atoms with Crippen LogP contribution in [-0.4, -0.2) is 4.57 Å². The summed E-state index contributed by atoms with van der Waals surface area (Å²) in [6, 6.07) is 61.1. The molecule has 7 aromatic carbocycles. The molecule has 2 heterocycles. The van der Waals surface area contributed by atoms with Gasteiger partial charge in [0.1, 0.15) is 0 Å². The van der Waals surface area contributed by atoms with Crippen LogP contribution >= 0.6 is 11.3 Å². The quantitative estimate of drug-likeness (QED) is 0.193. The fourth-order valence-electron chi connectivity index (χ4n) is 6.76. The molecule has 0 fully saturated rings. The van der Waals surface area contributed by atoms with Crippen LogP contribution < -0.4 is 4.90 Å². The molecule has 0 atom stereocenters. The van der Waals surface area contributed by atoms with Gasteiger partial charge in [-0.2, -0.15) is 0 Å². The molecule has 212 valence electrons. The van der Waals surface area contributed by atoms with Gasteiger partial charge in [-0.15, -0.1) is 11.3 Å². The van der Waals surface area contributed by atoms with Crippen molar-refractivity contribution in [1.82, 2.24) is 4.57 Å². The van der Waals surface area contributed by atoms with E-state index < -0.39 is 0 Å². The number of benzene rings is 7. The first-order chi connectivity index (χ1) is 22.3. The average Bonchev–Trinajstić information content (AvgIpc) is 3.65. The highest BCUT2D eigenvalue weighted by atomic mass is 32.1. The maximum absolute atomic E-state index is 2.43. The highest BCUT2D eigenvalue weighted by Crippen LogP contribution is 2.46. The summed E-state index contributed by atoms with van der Waals surface area (Å²) in [6.45, 7) is 0. The van der Waals surface area contributed by atoms with Crippen LogP contribution in [0.5, 0.6) is 0 Å². The molecule has 0 radical (unpaired) electrons. The molecule has 0 saturated carbocycles. The Labute approximate surface area is 265 Å². The predicted octanol–water partition coefficient (Wildman–Crippen LogP) is 12.3. The van der Waals surface area contributed by atoms with E-state index in [1.54, 1.807) is 0 Å². The van der Waals surface area contributed by atoms with Crippen molar-refractivity contribution in [3.8, 4) is 16.8 Å². The van der Waals surface area contributed by atoms with E-state index in [1.165, 1.54) is 64.5 Å². The van der Waals surface area contributed by atoms with E-state index >= 15 is 0 Å². The van der Waals surface area contributed by atoms with Gasteiger partial charge in [0.25, 0.3) is 0 Å². The molecular weight excluding hydrogens is 565 g/mol. The second kappa shape index (κ2) is 10.5. The lowest BCUT2D eigenvalue weighted by atomic mass is 10.0. The minimum atomic E-state index is 1.13. The number of para-hydroxylation sites is 3. The molecule has 0 aliphatic rings. The van der Waals surface area contributed by atoms with Gasteiger partial charge in [-0.3, -0.25) is 0 Å². The Bertz CT molecular complexity index is 2470. The highest BCUT2D eigenvalue weighted by molar-refractivity contribution is 7.27. The van der Waals surface area contributed by atoms with Gasteiger partial charge in [0.15, 0.2) is 0 Å². The number of rotatable bonds is 5. The van der Waals surface area contributed by atoms with Crippen LogP contribution in [0.3, 0.4) is 0 Å². The zero-order valence-electron chi connectivity index (χ0n) is 24.5. The van der Waals surface area contributed by atoms with E-state index in [0.29, 0.717) is 0 Å². The third kappa shape index (κ3) is 4.16. The van der Waals surface area contributed by atoms with E-state index in [1.807, 2.05) is 11.3 Å². The van der Waals surface area contributed by atoms with Crippen LogP contribution in [0.15, 0.2) is 170 Å². The zero-order valence-corrected chi connectivity index (χ0v) is 25.3. The molecule has 9 aromatic rings. The van der Waals surface area contributed by atoms with Gasteiger partial charge in [-0.05, 0) is 65.0 Å². The Morgan fingerprint density at radius 3 is 1.89 bits per heavy atom. The summed E-state index contributed by atoms with van der Waals surface area (Å²) in [7, 11) is 0. The van der Waals surface area contributed by atoms with Crippen molar-refractivity contribution < 1.29 is 0 Å². The third-order valence-electron chi connectivity index (χ3n) is 8.78. The Hall–Kier alpha value is -5.64. The smallest absolute Gasteiger partial charge is 0.0727 e. The molecule has 9 rings (SSSR count). The third-order valence-corrected chi connectivity index (χ3v) is 10.0. The largest absolute Gasteiger partial charge is 0.310 e. The Morgan fingerprint density at radius 2 is 1.07 bits per heavy atom. The highest BCUT2D eigenvalue weighted by Gasteiger charge is 2.20. The van der Waals surface area contributed by atoms with Crippen molar-refractivity contribution >= 4 is 70.4 Å². The van der Waals surface area contributed by atoms with Crippen LogP contribution in [0.1, 0.15) is 0 Å². The fourth-order valence-corrected chi connectivity index (χ4v) is 8.12. The number of thiophene rings is 1. The molecule has 0 aliphatic carbocycles. The van der Waals surface area contributed by atoms with Crippen LogP contribution in [0.25, 0.3) is 58.8 Å². The maximum Gasteiger partial charge on any atom is 0.0727 e. The zero-order chi connectivity index (χ0) is 29.7. The fraction of sp³-hybridized carbons (Fsp3) is 0. The number of nitrogens with zero attached hydrogens (tertiary/aromatic N) is 2. The standard InChI is InChI=1S/C42H28N2S/c1-3-15-31(16-4-1)43(38-24-11-14-29-13-7-8-19-34(29)38)33-27-25-30(26-28-33)35-21-12-22-37-40-42(45-41(35)37)36-20-9-10-23-39(36)44(40)32-17-5-2-6-18-32/h1-28H. The lowest BCUT2D eigenvalue weighted by molar-refractivity contribution is 1.19. The first-order valence-electron chi connectivity index (χ1n) is 15.3.